The topological polar surface area (TPSA) is 54.4 Å². The predicted molar refractivity (Wildman–Crippen MR) is 73.9 cm³/mol. The first-order valence-corrected chi connectivity index (χ1v) is 6.80. The molecule has 0 aliphatic heterocycles. The van der Waals surface area contributed by atoms with E-state index in [1.807, 2.05) is 19.1 Å². The molecule has 19 heavy (non-hydrogen) atoms. The Kier molecular flexibility index (Phi) is 8.06. The van der Waals surface area contributed by atoms with Gasteiger partial charge >= 0.3 is 29.6 Å². The van der Waals surface area contributed by atoms with Gasteiger partial charge in [-0.3, -0.25) is 4.55 Å². The van der Waals surface area contributed by atoms with Gasteiger partial charge < -0.3 is 0 Å². The number of benzene rings is 2. The second-order valence-electron chi connectivity index (χ2n) is 3.52. The Balaban J connectivity index is 0.000000576. The molecule has 2 rings (SSSR count). The number of hydrogen-bond donors (Lipinski definition) is 1. The Bertz CT molecular complexity index is 639. The fourth-order valence-corrected chi connectivity index (χ4v) is 2.13. The summed E-state index contributed by atoms with van der Waals surface area (Å²) < 4.78 is 31.0. The van der Waals surface area contributed by atoms with E-state index >= 15 is 0 Å². The maximum Gasteiger partial charge on any atom is 1.00 e. The van der Waals surface area contributed by atoms with E-state index in [2.05, 4.69) is 6.92 Å². The molecule has 0 spiro atoms. The molecule has 0 fully saturated rings. The summed E-state index contributed by atoms with van der Waals surface area (Å²) in [7, 11) is -4.13. The van der Waals surface area contributed by atoms with E-state index < -0.39 is 10.1 Å². The molecule has 3 nitrogen and oxygen atoms in total. The van der Waals surface area contributed by atoms with E-state index in [0.29, 0.717) is 5.39 Å². The Morgan fingerprint density at radius 1 is 1.11 bits per heavy atom. The second kappa shape index (κ2) is 8.40. The molecule has 0 bridgehead atoms. The largest absolute Gasteiger partial charge is 1.00 e. The van der Waals surface area contributed by atoms with Gasteiger partial charge in [0.2, 0.25) is 0 Å². The second-order valence-corrected chi connectivity index (χ2v) is 4.91. The number of fused-ring (bicyclic) bond motifs is 1. The Morgan fingerprint density at radius 3 is 2.16 bits per heavy atom. The minimum Gasteiger partial charge on any atom is -0.282 e. The average Bonchev–Trinajstić information content (AvgIpc) is 2.37. The maximum absolute atomic E-state index is 11.0. The zero-order chi connectivity index (χ0) is 13.6. The zero-order valence-corrected chi connectivity index (χ0v) is 13.9. The van der Waals surface area contributed by atoms with Gasteiger partial charge in [-0.05, 0) is 11.5 Å². The quantitative estimate of drug-likeness (QED) is 0.471. The zero-order valence-electron chi connectivity index (χ0n) is 11.1. The minimum absolute atomic E-state index is 0. The van der Waals surface area contributed by atoms with Crippen molar-refractivity contribution < 1.29 is 42.5 Å². The summed E-state index contributed by atoms with van der Waals surface area (Å²) in [6.07, 6.45) is 3.64. The van der Waals surface area contributed by atoms with Crippen molar-refractivity contribution in [1.82, 2.24) is 0 Å². The third-order valence-corrected chi connectivity index (χ3v) is 3.18. The maximum atomic E-state index is 11.0. The van der Waals surface area contributed by atoms with Crippen molar-refractivity contribution in [3.63, 3.8) is 0 Å². The van der Waals surface area contributed by atoms with Gasteiger partial charge in [0.1, 0.15) is 4.90 Å². The van der Waals surface area contributed by atoms with Crippen molar-refractivity contribution in [3.05, 3.63) is 61.5 Å². The fourth-order valence-electron chi connectivity index (χ4n) is 1.42. The summed E-state index contributed by atoms with van der Waals surface area (Å²) in [5.74, 6) is 0. The molecule has 0 aliphatic carbocycles. The van der Waals surface area contributed by atoms with Crippen LogP contribution in [0.5, 0.6) is 0 Å². The van der Waals surface area contributed by atoms with Crippen LogP contribution in [0.2, 0.25) is 0 Å². The van der Waals surface area contributed by atoms with E-state index in [4.69, 9.17) is 4.55 Å². The summed E-state index contributed by atoms with van der Waals surface area (Å²) in [4.78, 5) is -0.0457. The van der Waals surface area contributed by atoms with Crippen molar-refractivity contribution >= 4 is 20.9 Å². The summed E-state index contributed by atoms with van der Waals surface area (Å²) in [5, 5.41) is 1.33. The normalized spacial score (nSPS) is 10.6. The van der Waals surface area contributed by atoms with Gasteiger partial charge in [0.15, 0.2) is 0 Å². The summed E-state index contributed by atoms with van der Waals surface area (Å²) in [5.41, 5.74) is 0. The van der Waals surface area contributed by atoms with Crippen LogP contribution in [0.3, 0.4) is 0 Å². The van der Waals surface area contributed by atoms with E-state index in [9.17, 15) is 8.42 Å². The van der Waals surface area contributed by atoms with Gasteiger partial charge in [0.25, 0.3) is 10.1 Å². The van der Waals surface area contributed by atoms with E-state index in [1.54, 1.807) is 36.4 Å². The van der Waals surface area contributed by atoms with Crippen LogP contribution in [0, 0.1) is 6.92 Å². The molecule has 5 heteroatoms. The SMILES string of the molecule is O=S(=O)(O)c1cccc2ccccc12.[CH2-]C=CC.[Na+]. The summed E-state index contributed by atoms with van der Waals surface area (Å²) in [6, 6.07) is 11.8. The third-order valence-electron chi connectivity index (χ3n) is 2.26. The first kappa shape index (κ1) is 18.2. The van der Waals surface area contributed by atoms with Crippen molar-refractivity contribution in [1.29, 1.82) is 0 Å². The molecule has 0 radical (unpaired) electrons. The molecule has 0 saturated carbocycles. The molecule has 0 aliphatic rings. The molecule has 2 aromatic carbocycles. The molecule has 0 aromatic heterocycles. The van der Waals surface area contributed by atoms with Gasteiger partial charge in [0.05, 0.1) is 0 Å². The van der Waals surface area contributed by atoms with E-state index in [-0.39, 0.29) is 34.5 Å². The average molecular weight is 286 g/mol. The Morgan fingerprint density at radius 2 is 1.63 bits per heavy atom. The molecular weight excluding hydrogens is 271 g/mol. The third kappa shape index (κ3) is 5.38. The van der Waals surface area contributed by atoms with Crippen LogP contribution in [-0.4, -0.2) is 13.0 Å². The molecule has 0 atom stereocenters. The van der Waals surface area contributed by atoms with Crippen LogP contribution in [-0.2, 0) is 10.1 Å². The Labute approximate surface area is 136 Å². The molecule has 0 unspecified atom stereocenters. The molecule has 0 heterocycles. The van der Waals surface area contributed by atoms with Gasteiger partial charge in [-0.25, -0.2) is 19.1 Å². The van der Waals surface area contributed by atoms with E-state index in [1.165, 1.54) is 6.07 Å². The molecule has 1 N–H and O–H groups in total. The van der Waals surface area contributed by atoms with Crippen molar-refractivity contribution in [3.8, 4) is 0 Å². The van der Waals surface area contributed by atoms with Gasteiger partial charge in [-0.15, -0.1) is 6.92 Å². The van der Waals surface area contributed by atoms with Gasteiger partial charge in [0, 0.05) is 5.39 Å². The first-order chi connectivity index (χ1) is 8.50. The molecule has 96 valence electrons. The number of rotatable bonds is 1. The Hall–Kier alpha value is -0.780. The van der Waals surface area contributed by atoms with Crippen molar-refractivity contribution in [2.24, 2.45) is 0 Å². The molecular formula is C14H15NaO3S. The predicted octanol–water partition coefficient (Wildman–Crippen LogP) is 0.487. The van der Waals surface area contributed by atoms with Crippen molar-refractivity contribution in [2.75, 3.05) is 0 Å². The smallest absolute Gasteiger partial charge is 0.282 e. The van der Waals surface area contributed by atoms with Crippen LogP contribution in [0.25, 0.3) is 10.8 Å². The van der Waals surface area contributed by atoms with Gasteiger partial charge in [-0.1, -0.05) is 36.4 Å². The van der Waals surface area contributed by atoms with Crippen LogP contribution in [0.4, 0.5) is 0 Å². The summed E-state index contributed by atoms with van der Waals surface area (Å²) in [6.45, 7) is 5.36. The monoisotopic (exact) mass is 286 g/mol. The minimum atomic E-state index is -4.13. The molecule has 0 amide bonds. The fraction of sp³-hybridized carbons (Fsp3) is 0.0714. The molecule has 0 saturated heterocycles. The van der Waals surface area contributed by atoms with E-state index in [0.717, 1.165) is 5.39 Å². The first-order valence-electron chi connectivity index (χ1n) is 5.36. The molecule has 2 aromatic rings. The standard InChI is InChI=1S/C10H8O3S.C4H7.Na/c11-14(12,13)10-7-3-5-8-4-1-2-6-9(8)10;1-3-4-2;/h1-7H,(H,11,12,13);3-4H,1H2,2H3;/q;-1;+1. The number of hydrogen-bond acceptors (Lipinski definition) is 2. The van der Waals surface area contributed by atoms with Crippen LogP contribution in [0.15, 0.2) is 59.5 Å². The van der Waals surface area contributed by atoms with Crippen LogP contribution < -0.4 is 29.6 Å². The summed E-state index contributed by atoms with van der Waals surface area (Å²) >= 11 is 0. The van der Waals surface area contributed by atoms with Crippen LogP contribution >= 0.6 is 0 Å². The van der Waals surface area contributed by atoms with Gasteiger partial charge in [-0.2, -0.15) is 8.42 Å². The van der Waals surface area contributed by atoms with Crippen molar-refractivity contribution in [2.45, 2.75) is 11.8 Å². The number of allylic oxidation sites excluding steroid dienone is 2. The van der Waals surface area contributed by atoms with Crippen LogP contribution in [0.1, 0.15) is 6.92 Å².